The molecule has 2 nitrogen and oxygen atoms in total. The van der Waals surface area contributed by atoms with Crippen LogP contribution in [0.5, 0.6) is 0 Å². The molecule has 56 valence electrons. The summed E-state index contributed by atoms with van der Waals surface area (Å²) in [5.74, 6) is 0. The maximum Gasteiger partial charge on any atom is 0.0820 e. The summed E-state index contributed by atoms with van der Waals surface area (Å²) in [4.78, 5) is 3.74. The molecule has 0 unspecified atom stereocenters. The maximum atomic E-state index is 3.74. The standard InChI is InChI=1S/C5H12N2.C2H6/c1-3-4-7-5-6-2;1-2/h5H,3-4H2,1-2H3,(H,6,7);1-2H3. The van der Waals surface area contributed by atoms with Crippen molar-refractivity contribution in [1.82, 2.24) is 5.32 Å². The summed E-state index contributed by atoms with van der Waals surface area (Å²) in [6.45, 7) is 7.15. The zero-order chi connectivity index (χ0) is 7.54. The highest BCUT2D eigenvalue weighted by Crippen LogP contribution is 1.64. The predicted octanol–water partition coefficient (Wildman–Crippen LogP) is 1.67. The zero-order valence-electron chi connectivity index (χ0n) is 6.94. The Morgan fingerprint density at radius 1 is 1.44 bits per heavy atom. The van der Waals surface area contributed by atoms with Crippen LogP contribution < -0.4 is 5.32 Å². The lowest BCUT2D eigenvalue weighted by Crippen LogP contribution is -2.10. The molecule has 0 saturated heterocycles. The maximum absolute atomic E-state index is 3.74. The molecule has 0 radical (unpaired) electrons. The number of hydrogen-bond acceptors (Lipinski definition) is 1. The van der Waals surface area contributed by atoms with Gasteiger partial charge in [-0.3, -0.25) is 4.99 Å². The van der Waals surface area contributed by atoms with Gasteiger partial charge in [-0.25, -0.2) is 0 Å². The van der Waals surface area contributed by atoms with Crippen LogP contribution in [0.2, 0.25) is 0 Å². The third kappa shape index (κ3) is 18.6. The number of nitrogens with one attached hydrogen (secondary N) is 1. The Morgan fingerprint density at radius 2 is 2.00 bits per heavy atom. The minimum Gasteiger partial charge on any atom is -0.376 e. The van der Waals surface area contributed by atoms with Crippen LogP contribution >= 0.6 is 0 Å². The molecule has 9 heavy (non-hydrogen) atoms. The lowest BCUT2D eigenvalue weighted by molar-refractivity contribution is 0.850. The van der Waals surface area contributed by atoms with Crippen molar-refractivity contribution in [2.24, 2.45) is 4.99 Å². The van der Waals surface area contributed by atoms with E-state index in [9.17, 15) is 0 Å². The molecule has 0 amide bonds. The van der Waals surface area contributed by atoms with Crippen LogP contribution in [-0.2, 0) is 0 Å². The van der Waals surface area contributed by atoms with E-state index in [1.807, 2.05) is 13.8 Å². The van der Waals surface area contributed by atoms with Crippen molar-refractivity contribution in [3.05, 3.63) is 0 Å². The van der Waals surface area contributed by atoms with Gasteiger partial charge in [0.05, 0.1) is 6.34 Å². The van der Waals surface area contributed by atoms with Crippen molar-refractivity contribution in [2.75, 3.05) is 13.6 Å². The monoisotopic (exact) mass is 130 g/mol. The van der Waals surface area contributed by atoms with Crippen molar-refractivity contribution in [3.63, 3.8) is 0 Å². The smallest absolute Gasteiger partial charge is 0.0820 e. The minimum absolute atomic E-state index is 1.03. The van der Waals surface area contributed by atoms with E-state index in [-0.39, 0.29) is 0 Å². The first-order chi connectivity index (χ1) is 4.41. The van der Waals surface area contributed by atoms with Gasteiger partial charge in [0.2, 0.25) is 0 Å². The summed E-state index contributed by atoms with van der Waals surface area (Å²) in [5.41, 5.74) is 0. The van der Waals surface area contributed by atoms with Crippen LogP contribution in [0.1, 0.15) is 27.2 Å². The molecule has 0 aliphatic carbocycles. The van der Waals surface area contributed by atoms with Crippen molar-refractivity contribution < 1.29 is 0 Å². The number of aliphatic imine (C=N–C) groups is 1. The van der Waals surface area contributed by atoms with Gasteiger partial charge in [-0.2, -0.15) is 0 Å². The molecule has 0 atom stereocenters. The molecule has 1 N–H and O–H groups in total. The van der Waals surface area contributed by atoms with Gasteiger partial charge in [0.15, 0.2) is 0 Å². The van der Waals surface area contributed by atoms with Crippen molar-refractivity contribution in [1.29, 1.82) is 0 Å². The first-order valence-electron chi connectivity index (χ1n) is 3.55. The van der Waals surface area contributed by atoms with Crippen LogP contribution in [0, 0.1) is 0 Å². The Labute approximate surface area is 58.4 Å². The minimum atomic E-state index is 1.03. The van der Waals surface area contributed by atoms with Gasteiger partial charge in [-0.1, -0.05) is 20.8 Å². The largest absolute Gasteiger partial charge is 0.376 e. The van der Waals surface area contributed by atoms with Crippen LogP contribution in [0.25, 0.3) is 0 Å². The summed E-state index contributed by atoms with van der Waals surface area (Å²) in [5, 5.41) is 2.99. The fourth-order valence-electron chi connectivity index (χ4n) is 0.300. The molecule has 0 fully saturated rings. The lowest BCUT2D eigenvalue weighted by atomic mass is 10.5. The van der Waals surface area contributed by atoms with E-state index in [4.69, 9.17) is 0 Å². The molecule has 0 aliphatic rings. The zero-order valence-corrected chi connectivity index (χ0v) is 6.94. The Bertz CT molecular complexity index is 50.9. The Morgan fingerprint density at radius 3 is 2.33 bits per heavy atom. The number of nitrogens with zero attached hydrogens (tertiary/aromatic N) is 1. The molecule has 0 aromatic heterocycles. The quantitative estimate of drug-likeness (QED) is 0.351. The molecule has 0 aliphatic heterocycles. The summed E-state index contributed by atoms with van der Waals surface area (Å²) in [6, 6.07) is 0. The molecule has 2 heteroatoms. The molecule has 0 aromatic carbocycles. The summed E-state index contributed by atoms with van der Waals surface area (Å²) >= 11 is 0. The van der Waals surface area contributed by atoms with Gasteiger partial charge >= 0.3 is 0 Å². The van der Waals surface area contributed by atoms with Crippen LogP contribution in [-0.4, -0.2) is 19.9 Å². The highest BCUT2D eigenvalue weighted by molar-refractivity contribution is 5.53. The van der Waals surface area contributed by atoms with Crippen LogP contribution in [0.15, 0.2) is 4.99 Å². The van der Waals surface area contributed by atoms with Gasteiger partial charge in [0.25, 0.3) is 0 Å². The van der Waals surface area contributed by atoms with Gasteiger partial charge in [-0.05, 0) is 6.42 Å². The number of hydrogen-bond donors (Lipinski definition) is 1. The Kier molecular flexibility index (Phi) is 19.6. The summed E-state index contributed by atoms with van der Waals surface area (Å²) in [6.07, 6.45) is 2.87. The average Bonchev–Trinajstić information content (AvgIpc) is 1.94. The second-order valence-corrected chi connectivity index (χ2v) is 1.34. The molecule has 0 aromatic rings. The van der Waals surface area contributed by atoms with Crippen molar-refractivity contribution in [3.8, 4) is 0 Å². The average molecular weight is 130 g/mol. The number of rotatable bonds is 3. The highest BCUT2D eigenvalue weighted by Gasteiger charge is 1.69. The summed E-state index contributed by atoms with van der Waals surface area (Å²) in [7, 11) is 1.75. The van der Waals surface area contributed by atoms with Crippen molar-refractivity contribution in [2.45, 2.75) is 27.2 Å². The molecule has 0 heterocycles. The first kappa shape index (κ1) is 11.3. The van der Waals surface area contributed by atoms with Gasteiger partial charge in [0.1, 0.15) is 0 Å². The highest BCUT2D eigenvalue weighted by atomic mass is 14.9. The topological polar surface area (TPSA) is 24.4 Å². The Hall–Kier alpha value is -0.530. The lowest BCUT2D eigenvalue weighted by Gasteiger charge is -1.90. The van der Waals surface area contributed by atoms with Crippen LogP contribution in [0.4, 0.5) is 0 Å². The van der Waals surface area contributed by atoms with Crippen LogP contribution in [0.3, 0.4) is 0 Å². The van der Waals surface area contributed by atoms with E-state index in [1.165, 1.54) is 0 Å². The first-order valence-corrected chi connectivity index (χ1v) is 3.55. The molecular formula is C7H18N2. The SMILES string of the molecule is CC.CCCNC=NC. The fraction of sp³-hybridized carbons (Fsp3) is 0.857. The van der Waals surface area contributed by atoms with E-state index in [1.54, 1.807) is 13.4 Å². The normalized spacial score (nSPS) is 8.44. The van der Waals surface area contributed by atoms with Gasteiger partial charge in [-0.15, -0.1) is 0 Å². The van der Waals surface area contributed by atoms with E-state index in [0.717, 1.165) is 13.0 Å². The predicted molar refractivity (Wildman–Crippen MR) is 44.1 cm³/mol. The fourth-order valence-corrected chi connectivity index (χ4v) is 0.300. The summed E-state index contributed by atoms with van der Waals surface area (Å²) < 4.78 is 0. The van der Waals surface area contributed by atoms with Gasteiger partial charge < -0.3 is 5.32 Å². The molecule has 0 spiro atoms. The second-order valence-electron chi connectivity index (χ2n) is 1.34. The third-order valence-corrected chi connectivity index (χ3v) is 0.615. The van der Waals surface area contributed by atoms with Gasteiger partial charge in [0, 0.05) is 13.6 Å². The van der Waals surface area contributed by atoms with E-state index in [2.05, 4.69) is 17.2 Å². The molecule has 0 saturated carbocycles. The van der Waals surface area contributed by atoms with E-state index in [0.29, 0.717) is 0 Å². The van der Waals surface area contributed by atoms with E-state index >= 15 is 0 Å². The third-order valence-electron chi connectivity index (χ3n) is 0.615. The Balaban J connectivity index is 0. The van der Waals surface area contributed by atoms with E-state index < -0.39 is 0 Å². The molecular weight excluding hydrogens is 112 g/mol. The second kappa shape index (κ2) is 15.6. The van der Waals surface area contributed by atoms with Crippen molar-refractivity contribution >= 4 is 6.34 Å². The molecule has 0 rings (SSSR count). The molecule has 0 bridgehead atoms.